The number of amides is 2. The van der Waals surface area contributed by atoms with E-state index in [0.29, 0.717) is 18.5 Å². The largest absolute Gasteiger partial charge is 0.340 e. The maximum atomic E-state index is 13.1. The molecule has 1 unspecified atom stereocenters. The maximum absolute atomic E-state index is 13.1. The van der Waals surface area contributed by atoms with E-state index >= 15 is 0 Å². The van der Waals surface area contributed by atoms with E-state index in [1.54, 1.807) is 12.1 Å². The van der Waals surface area contributed by atoms with Gasteiger partial charge in [-0.25, -0.2) is 0 Å². The lowest BCUT2D eigenvalue weighted by Gasteiger charge is -2.26. The normalized spacial score (nSPS) is 15.8. The van der Waals surface area contributed by atoms with Crippen molar-refractivity contribution >= 4 is 11.8 Å². The summed E-state index contributed by atoms with van der Waals surface area (Å²) >= 11 is 0. The van der Waals surface area contributed by atoms with Gasteiger partial charge in [-0.3, -0.25) is 9.59 Å². The van der Waals surface area contributed by atoms with E-state index in [-0.39, 0.29) is 11.8 Å². The van der Waals surface area contributed by atoms with Crippen molar-refractivity contribution in [3.63, 3.8) is 0 Å². The lowest BCUT2D eigenvalue weighted by Crippen LogP contribution is -2.50. The van der Waals surface area contributed by atoms with E-state index < -0.39 is 6.04 Å². The zero-order valence-corrected chi connectivity index (χ0v) is 14.9. The molecule has 2 amide bonds. The van der Waals surface area contributed by atoms with Gasteiger partial charge in [0.15, 0.2) is 0 Å². The molecule has 1 fully saturated rings. The first kappa shape index (κ1) is 18.1. The zero-order valence-electron chi connectivity index (χ0n) is 14.9. The predicted octanol–water partition coefficient (Wildman–Crippen LogP) is 1.85. The molecule has 1 saturated heterocycles. The predicted molar refractivity (Wildman–Crippen MR) is 102 cm³/mol. The third kappa shape index (κ3) is 4.92. The molecule has 136 valence electrons. The number of nitrogens with zero attached hydrogens (tertiary/aromatic N) is 1. The summed E-state index contributed by atoms with van der Waals surface area (Å²) < 4.78 is 0. The Kier molecular flexibility index (Phi) is 6.39. The quantitative estimate of drug-likeness (QED) is 0.864. The third-order valence-electron chi connectivity index (χ3n) is 4.57. The van der Waals surface area contributed by atoms with Crippen molar-refractivity contribution in [2.24, 2.45) is 0 Å². The average molecular weight is 351 g/mol. The van der Waals surface area contributed by atoms with Crippen LogP contribution in [0.4, 0.5) is 0 Å². The summed E-state index contributed by atoms with van der Waals surface area (Å²) in [5.74, 6) is -0.227. The second-order valence-corrected chi connectivity index (χ2v) is 6.51. The van der Waals surface area contributed by atoms with Crippen LogP contribution >= 0.6 is 0 Å². The molecule has 1 atom stereocenters. The van der Waals surface area contributed by atoms with Crippen LogP contribution < -0.4 is 10.6 Å². The van der Waals surface area contributed by atoms with Gasteiger partial charge >= 0.3 is 0 Å². The Labute approximate surface area is 154 Å². The highest BCUT2D eigenvalue weighted by atomic mass is 16.2. The minimum Gasteiger partial charge on any atom is -0.340 e. The molecule has 2 aromatic carbocycles. The molecule has 0 aliphatic carbocycles. The molecule has 5 nitrogen and oxygen atoms in total. The SMILES string of the molecule is O=C(NC(Cc1ccccc1)C(=O)N1CCCNCC1)c1ccccc1. The summed E-state index contributed by atoms with van der Waals surface area (Å²) in [5.41, 5.74) is 1.60. The second kappa shape index (κ2) is 9.15. The smallest absolute Gasteiger partial charge is 0.251 e. The summed E-state index contributed by atoms with van der Waals surface area (Å²) in [6, 6.07) is 18.3. The van der Waals surface area contributed by atoms with E-state index in [0.717, 1.165) is 31.6 Å². The molecule has 3 rings (SSSR count). The first-order valence-corrected chi connectivity index (χ1v) is 9.13. The van der Waals surface area contributed by atoms with E-state index in [2.05, 4.69) is 10.6 Å². The molecule has 5 heteroatoms. The summed E-state index contributed by atoms with van der Waals surface area (Å²) in [7, 11) is 0. The Hall–Kier alpha value is -2.66. The molecule has 0 aromatic heterocycles. The van der Waals surface area contributed by atoms with Gasteiger partial charge in [-0.05, 0) is 30.7 Å². The van der Waals surface area contributed by atoms with Crippen LogP contribution in [0, 0.1) is 0 Å². The van der Waals surface area contributed by atoms with Crippen molar-refractivity contribution in [3.8, 4) is 0 Å². The van der Waals surface area contributed by atoms with Gasteiger partial charge in [0.1, 0.15) is 6.04 Å². The first-order chi connectivity index (χ1) is 12.7. The van der Waals surface area contributed by atoms with Crippen LogP contribution in [-0.2, 0) is 11.2 Å². The van der Waals surface area contributed by atoms with Crippen LogP contribution in [0.25, 0.3) is 0 Å². The van der Waals surface area contributed by atoms with Crippen LogP contribution in [0.5, 0.6) is 0 Å². The summed E-state index contributed by atoms with van der Waals surface area (Å²) in [5, 5.41) is 6.25. The second-order valence-electron chi connectivity index (χ2n) is 6.51. The lowest BCUT2D eigenvalue weighted by molar-refractivity contribution is -0.133. The number of hydrogen-bond donors (Lipinski definition) is 2. The van der Waals surface area contributed by atoms with Crippen LogP contribution in [0.3, 0.4) is 0 Å². The van der Waals surface area contributed by atoms with Gasteiger partial charge in [-0.1, -0.05) is 48.5 Å². The number of benzene rings is 2. The Morgan fingerprint density at radius 2 is 1.65 bits per heavy atom. The number of nitrogens with one attached hydrogen (secondary N) is 2. The van der Waals surface area contributed by atoms with Gasteiger partial charge in [-0.2, -0.15) is 0 Å². The Morgan fingerprint density at radius 3 is 2.38 bits per heavy atom. The van der Waals surface area contributed by atoms with E-state index in [1.807, 2.05) is 53.4 Å². The van der Waals surface area contributed by atoms with E-state index in [4.69, 9.17) is 0 Å². The third-order valence-corrected chi connectivity index (χ3v) is 4.57. The number of carbonyl (C=O) groups excluding carboxylic acids is 2. The van der Waals surface area contributed by atoms with Crippen LogP contribution in [-0.4, -0.2) is 48.9 Å². The van der Waals surface area contributed by atoms with Gasteiger partial charge < -0.3 is 15.5 Å². The Balaban J connectivity index is 1.76. The standard InChI is InChI=1S/C21H25N3O2/c25-20(18-10-5-2-6-11-18)23-19(16-17-8-3-1-4-9-17)21(26)24-14-7-12-22-13-15-24/h1-6,8-11,19,22H,7,12-16H2,(H,23,25). The number of hydrogen-bond acceptors (Lipinski definition) is 3. The van der Waals surface area contributed by atoms with E-state index in [9.17, 15) is 9.59 Å². The average Bonchev–Trinajstić information content (AvgIpc) is 2.98. The molecule has 1 aliphatic heterocycles. The molecular formula is C21H25N3O2. The highest BCUT2D eigenvalue weighted by Crippen LogP contribution is 2.09. The Morgan fingerprint density at radius 1 is 0.962 bits per heavy atom. The molecule has 0 saturated carbocycles. The van der Waals surface area contributed by atoms with Crippen molar-refractivity contribution < 1.29 is 9.59 Å². The van der Waals surface area contributed by atoms with Gasteiger partial charge in [0.25, 0.3) is 5.91 Å². The molecule has 26 heavy (non-hydrogen) atoms. The zero-order chi connectivity index (χ0) is 18.2. The van der Waals surface area contributed by atoms with Crippen molar-refractivity contribution in [3.05, 3.63) is 71.8 Å². The maximum Gasteiger partial charge on any atom is 0.251 e. The first-order valence-electron chi connectivity index (χ1n) is 9.13. The highest BCUT2D eigenvalue weighted by molar-refractivity contribution is 5.97. The van der Waals surface area contributed by atoms with Crippen molar-refractivity contribution in [1.29, 1.82) is 0 Å². The summed E-state index contributed by atoms with van der Waals surface area (Å²) in [6.45, 7) is 3.10. The molecular weight excluding hydrogens is 326 g/mol. The fourth-order valence-corrected chi connectivity index (χ4v) is 3.17. The minimum absolute atomic E-state index is 0.0122. The number of rotatable bonds is 5. The van der Waals surface area contributed by atoms with Gasteiger partial charge in [0.05, 0.1) is 0 Å². The molecule has 0 radical (unpaired) electrons. The highest BCUT2D eigenvalue weighted by Gasteiger charge is 2.27. The van der Waals surface area contributed by atoms with Crippen LogP contribution in [0.1, 0.15) is 22.3 Å². The van der Waals surface area contributed by atoms with Gasteiger partial charge in [-0.15, -0.1) is 0 Å². The molecule has 2 N–H and O–H groups in total. The topological polar surface area (TPSA) is 61.4 Å². The van der Waals surface area contributed by atoms with Crippen LogP contribution in [0.2, 0.25) is 0 Å². The fraction of sp³-hybridized carbons (Fsp3) is 0.333. The summed E-state index contributed by atoms with van der Waals surface area (Å²) in [4.78, 5) is 27.6. The number of carbonyl (C=O) groups is 2. The van der Waals surface area contributed by atoms with Crippen molar-refractivity contribution in [1.82, 2.24) is 15.5 Å². The Bertz CT molecular complexity index is 711. The minimum atomic E-state index is -0.566. The monoisotopic (exact) mass is 351 g/mol. The molecule has 1 aliphatic rings. The van der Waals surface area contributed by atoms with Gasteiger partial charge in [0, 0.05) is 31.6 Å². The molecule has 0 spiro atoms. The molecule has 2 aromatic rings. The van der Waals surface area contributed by atoms with Crippen molar-refractivity contribution in [2.75, 3.05) is 26.2 Å². The fourth-order valence-electron chi connectivity index (χ4n) is 3.17. The lowest BCUT2D eigenvalue weighted by atomic mass is 10.0. The van der Waals surface area contributed by atoms with E-state index in [1.165, 1.54) is 0 Å². The van der Waals surface area contributed by atoms with Crippen molar-refractivity contribution in [2.45, 2.75) is 18.9 Å². The summed E-state index contributed by atoms with van der Waals surface area (Å²) in [6.07, 6.45) is 1.42. The van der Waals surface area contributed by atoms with Gasteiger partial charge in [0.2, 0.25) is 5.91 Å². The molecule has 0 bridgehead atoms. The molecule has 1 heterocycles. The van der Waals surface area contributed by atoms with Crippen LogP contribution in [0.15, 0.2) is 60.7 Å².